The SMILES string of the molecule is Cc1c(-c2cccc(S(C)(=O)=O)c2)c2cc(C(=O)O)ccc2n1C/C(F)=C/CN. The molecule has 0 radical (unpaired) electrons. The molecule has 29 heavy (non-hydrogen) atoms. The third-order valence-corrected chi connectivity index (χ3v) is 5.88. The summed E-state index contributed by atoms with van der Waals surface area (Å²) in [6.45, 7) is 1.80. The second kappa shape index (κ2) is 7.81. The third-order valence-electron chi connectivity index (χ3n) is 4.77. The fourth-order valence-electron chi connectivity index (χ4n) is 3.41. The minimum absolute atomic E-state index is 0.0578. The van der Waals surface area contributed by atoms with Crippen molar-refractivity contribution in [3.05, 3.63) is 65.6 Å². The Labute approximate surface area is 168 Å². The highest BCUT2D eigenvalue weighted by molar-refractivity contribution is 7.90. The van der Waals surface area contributed by atoms with Crippen LogP contribution in [-0.2, 0) is 16.4 Å². The maximum absolute atomic E-state index is 14.2. The molecule has 3 rings (SSSR count). The van der Waals surface area contributed by atoms with E-state index in [1.165, 1.54) is 24.3 Å². The van der Waals surface area contributed by atoms with Gasteiger partial charge in [-0.15, -0.1) is 0 Å². The van der Waals surface area contributed by atoms with Crippen LogP contribution in [0.3, 0.4) is 0 Å². The van der Waals surface area contributed by atoms with E-state index in [2.05, 4.69) is 0 Å². The van der Waals surface area contributed by atoms with Crippen molar-refractivity contribution in [3.63, 3.8) is 0 Å². The summed E-state index contributed by atoms with van der Waals surface area (Å²) in [5.41, 5.74) is 8.09. The second-order valence-electron chi connectivity index (χ2n) is 6.77. The van der Waals surface area contributed by atoms with Gasteiger partial charge < -0.3 is 15.4 Å². The van der Waals surface area contributed by atoms with Gasteiger partial charge in [-0.3, -0.25) is 0 Å². The molecule has 0 saturated carbocycles. The standard InChI is InChI=1S/C21H21FN2O4S/c1-13-20(14-4-3-5-17(10-14)29(2,27)28)18-11-15(21(25)26)6-7-19(18)24(13)12-16(22)8-9-23/h3-8,10-11H,9,12,23H2,1-2H3,(H,25,26)/b16-8-. The molecule has 0 unspecified atom stereocenters. The number of aromatic nitrogens is 1. The summed E-state index contributed by atoms with van der Waals surface area (Å²) >= 11 is 0. The number of hydrogen-bond donors (Lipinski definition) is 2. The lowest BCUT2D eigenvalue weighted by molar-refractivity contribution is 0.0697. The number of rotatable bonds is 6. The monoisotopic (exact) mass is 416 g/mol. The number of sulfone groups is 1. The third kappa shape index (κ3) is 4.08. The lowest BCUT2D eigenvalue weighted by Crippen LogP contribution is -2.03. The smallest absolute Gasteiger partial charge is 0.335 e. The summed E-state index contributed by atoms with van der Waals surface area (Å²) in [6.07, 6.45) is 2.40. The van der Waals surface area contributed by atoms with Crippen molar-refractivity contribution in [1.82, 2.24) is 4.57 Å². The van der Waals surface area contributed by atoms with E-state index in [0.29, 0.717) is 27.7 Å². The minimum atomic E-state index is -3.42. The van der Waals surface area contributed by atoms with Crippen LogP contribution in [0.4, 0.5) is 4.39 Å². The number of carboxylic acid groups (broad SMARTS) is 1. The minimum Gasteiger partial charge on any atom is -0.478 e. The molecule has 6 nitrogen and oxygen atoms in total. The van der Waals surface area contributed by atoms with E-state index in [0.717, 1.165) is 6.26 Å². The van der Waals surface area contributed by atoms with Crippen LogP contribution in [0.1, 0.15) is 16.1 Å². The van der Waals surface area contributed by atoms with E-state index >= 15 is 0 Å². The maximum Gasteiger partial charge on any atom is 0.335 e. The van der Waals surface area contributed by atoms with Gasteiger partial charge >= 0.3 is 5.97 Å². The van der Waals surface area contributed by atoms with Crippen LogP contribution in [0.5, 0.6) is 0 Å². The Morgan fingerprint density at radius 3 is 2.59 bits per heavy atom. The van der Waals surface area contributed by atoms with E-state index in [1.807, 2.05) is 0 Å². The van der Waals surface area contributed by atoms with E-state index < -0.39 is 21.6 Å². The lowest BCUT2D eigenvalue weighted by atomic mass is 10.0. The Balaban J connectivity index is 2.33. The normalized spacial score (nSPS) is 12.5. The van der Waals surface area contributed by atoms with Crippen LogP contribution in [-0.4, -0.2) is 36.9 Å². The second-order valence-corrected chi connectivity index (χ2v) is 8.79. The van der Waals surface area contributed by atoms with Crippen molar-refractivity contribution in [2.24, 2.45) is 5.73 Å². The molecule has 0 amide bonds. The Hall–Kier alpha value is -2.97. The van der Waals surface area contributed by atoms with E-state index in [4.69, 9.17) is 5.73 Å². The summed E-state index contributed by atoms with van der Waals surface area (Å²) in [5, 5.41) is 9.98. The molecular weight excluding hydrogens is 395 g/mol. The van der Waals surface area contributed by atoms with Crippen molar-refractivity contribution >= 4 is 26.7 Å². The van der Waals surface area contributed by atoms with Gasteiger partial charge in [0.25, 0.3) is 0 Å². The molecule has 3 N–H and O–H groups in total. The number of aromatic carboxylic acids is 1. The summed E-state index contributed by atoms with van der Waals surface area (Å²) in [4.78, 5) is 11.6. The van der Waals surface area contributed by atoms with Crippen molar-refractivity contribution in [1.29, 1.82) is 0 Å². The number of allylic oxidation sites excluding steroid dienone is 1. The highest BCUT2D eigenvalue weighted by Crippen LogP contribution is 2.36. The van der Waals surface area contributed by atoms with Crippen LogP contribution in [0.25, 0.3) is 22.0 Å². The zero-order valence-corrected chi connectivity index (χ0v) is 16.8. The fourth-order valence-corrected chi connectivity index (χ4v) is 4.08. The highest BCUT2D eigenvalue weighted by atomic mass is 32.2. The zero-order valence-electron chi connectivity index (χ0n) is 16.0. The molecule has 0 spiro atoms. The molecule has 0 bridgehead atoms. The molecule has 0 atom stereocenters. The van der Waals surface area contributed by atoms with Gasteiger partial charge in [-0.05, 0) is 48.9 Å². The molecule has 1 aromatic heterocycles. The van der Waals surface area contributed by atoms with Crippen LogP contribution in [0, 0.1) is 6.92 Å². The Kier molecular flexibility index (Phi) is 5.59. The van der Waals surface area contributed by atoms with Crippen LogP contribution in [0.2, 0.25) is 0 Å². The Morgan fingerprint density at radius 1 is 1.24 bits per heavy atom. The molecule has 152 valence electrons. The molecule has 2 aromatic carbocycles. The maximum atomic E-state index is 14.2. The van der Waals surface area contributed by atoms with Gasteiger partial charge in [0.2, 0.25) is 0 Å². The molecule has 0 aliphatic heterocycles. The van der Waals surface area contributed by atoms with Gasteiger partial charge in [-0.2, -0.15) is 0 Å². The average molecular weight is 416 g/mol. The van der Waals surface area contributed by atoms with Gasteiger partial charge in [0.1, 0.15) is 5.83 Å². The first kappa shape index (κ1) is 20.8. The molecule has 0 saturated heterocycles. The van der Waals surface area contributed by atoms with Gasteiger partial charge in [-0.25, -0.2) is 17.6 Å². The number of nitrogens with two attached hydrogens (primary N) is 1. The molecule has 1 heterocycles. The summed E-state index contributed by atoms with van der Waals surface area (Å²) < 4.78 is 39.9. The van der Waals surface area contributed by atoms with Crippen LogP contribution >= 0.6 is 0 Å². The molecular formula is C21H21FN2O4S. The topological polar surface area (TPSA) is 102 Å². The Morgan fingerprint density at radius 2 is 1.97 bits per heavy atom. The average Bonchev–Trinajstić information content (AvgIpc) is 2.92. The van der Waals surface area contributed by atoms with Crippen LogP contribution < -0.4 is 5.73 Å². The van der Waals surface area contributed by atoms with Gasteiger partial charge in [0, 0.05) is 35.0 Å². The first-order valence-corrected chi connectivity index (χ1v) is 10.7. The molecule has 0 aliphatic carbocycles. The molecule has 3 aromatic rings. The predicted molar refractivity (Wildman–Crippen MR) is 110 cm³/mol. The van der Waals surface area contributed by atoms with Gasteiger partial charge in [0.15, 0.2) is 9.84 Å². The first-order chi connectivity index (χ1) is 13.6. The van der Waals surface area contributed by atoms with E-state index in [9.17, 15) is 22.7 Å². The quantitative estimate of drug-likeness (QED) is 0.640. The predicted octanol–water partition coefficient (Wildman–Crippen LogP) is 3.53. The number of fused-ring (bicyclic) bond motifs is 1. The lowest BCUT2D eigenvalue weighted by Gasteiger charge is -2.08. The van der Waals surface area contributed by atoms with Gasteiger partial charge in [0.05, 0.1) is 17.0 Å². The number of carbonyl (C=O) groups is 1. The summed E-state index contributed by atoms with van der Waals surface area (Å²) in [5.74, 6) is -1.49. The van der Waals surface area contributed by atoms with Crippen molar-refractivity contribution in [3.8, 4) is 11.1 Å². The molecule has 0 aliphatic rings. The number of hydrogen-bond acceptors (Lipinski definition) is 4. The van der Waals surface area contributed by atoms with Crippen molar-refractivity contribution in [2.45, 2.75) is 18.4 Å². The van der Waals surface area contributed by atoms with E-state index in [-0.39, 0.29) is 23.5 Å². The van der Waals surface area contributed by atoms with E-state index in [1.54, 1.807) is 35.8 Å². The van der Waals surface area contributed by atoms with Crippen molar-refractivity contribution in [2.75, 3.05) is 12.8 Å². The summed E-state index contributed by atoms with van der Waals surface area (Å²) in [7, 11) is -3.42. The van der Waals surface area contributed by atoms with Crippen molar-refractivity contribution < 1.29 is 22.7 Å². The molecule has 0 fully saturated rings. The molecule has 8 heteroatoms. The summed E-state index contributed by atoms with van der Waals surface area (Å²) in [6, 6.07) is 11.0. The Bertz CT molecular complexity index is 1240. The van der Waals surface area contributed by atoms with Gasteiger partial charge in [-0.1, -0.05) is 12.1 Å². The number of halogens is 1. The van der Waals surface area contributed by atoms with Crippen LogP contribution in [0.15, 0.2) is 59.3 Å². The number of nitrogens with zero attached hydrogens (tertiary/aromatic N) is 1. The first-order valence-electron chi connectivity index (χ1n) is 8.84. The number of benzene rings is 2. The fraction of sp³-hybridized carbons (Fsp3) is 0.190. The zero-order chi connectivity index (χ0) is 21.3. The number of carboxylic acids is 1. The largest absolute Gasteiger partial charge is 0.478 e. The highest BCUT2D eigenvalue weighted by Gasteiger charge is 2.19.